The summed E-state index contributed by atoms with van der Waals surface area (Å²) in [5.41, 5.74) is 0. The number of rotatable bonds is 5. The van der Waals surface area contributed by atoms with Gasteiger partial charge in [0.2, 0.25) is 0 Å². The topological polar surface area (TPSA) is 38.7 Å². The molecule has 0 heterocycles. The highest BCUT2D eigenvalue weighted by Crippen LogP contribution is 2.28. The van der Waals surface area contributed by atoms with Gasteiger partial charge in [0.05, 0.1) is 18.3 Å². The summed E-state index contributed by atoms with van der Waals surface area (Å²) < 4.78 is 11.1. The molecule has 0 spiro atoms. The largest absolute Gasteiger partial charge is 0.390 e. The summed E-state index contributed by atoms with van der Waals surface area (Å²) in [6.07, 6.45) is 1.59. The Kier molecular flexibility index (Phi) is 4.16. The molecular weight excluding hydrogens is 168 g/mol. The predicted octanol–water partition coefficient (Wildman–Crippen LogP) is 1.34. The van der Waals surface area contributed by atoms with Gasteiger partial charge in [0, 0.05) is 13.0 Å². The first-order chi connectivity index (χ1) is 6.15. The Labute approximate surface area is 80.0 Å². The molecule has 1 N–H and O–H groups in total. The van der Waals surface area contributed by atoms with Crippen molar-refractivity contribution in [1.29, 1.82) is 0 Å². The molecule has 0 amide bonds. The van der Waals surface area contributed by atoms with Crippen molar-refractivity contribution in [2.45, 2.75) is 58.0 Å². The van der Waals surface area contributed by atoms with Crippen LogP contribution in [0.25, 0.3) is 0 Å². The molecule has 1 aliphatic rings. The van der Waals surface area contributed by atoms with Crippen LogP contribution in [0.3, 0.4) is 0 Å². The second kappa shape index (κ2) is 4.94. The van der Waals surface area contributed by atoms with Gasteiger partial charge in [0.15, 0.2) is 0 Å². The molecule has 3 nitrogen and oxygen atoms in total. The third-order valence-electron chi connectivity index (χ3n) is 2.18. The molecule has 3 heteroatoms. The average molecular weight is 188 g/mol. The van der Waals surface area contributed by atoms with E-state index in [4.69, 9.17) is 9.47 Å². The van der Waals surface area contributed by atoms with Crippen molar-refractivity contribution in [1.82, 2.24) is 0 Å². The van der Waals surface area contributed by atoms with Crippen molar-refractivity contribution in [3.63, 3.8) is 0 Å². The van der Waals surface area contributed by atoms with Gasteiger partial charge in [-0.25, -0.2) is 0 Å². The van der Waals surface area contributed by atoms with Gasteiger partial charge in [-0.05, 0) is 20.3 Å². The monoisotopic (exact) mass is 188 g/mol. The lowest BCUT2D eigenvalue weighted by Gasteiger charge is -2.41. The maximum atomic E-state index is 9.41. The van der Waals surface area contributed by atoms with Crippen molar-refractivity contribution in [2.24, 2.45) is 0 Å². The summed E-state index contributed by atoms with van der Waals surface area (Å²) >= 11 is 0. The van der Waals surface area contributed by atoms with E-state index in [9.17, 15) is 5.11 Å². The van der Waals surface area contributed by atoms with Gasteiger partial charge in [-0.1, -0.05) is 6.92 Å². The molecule has 0 saturated heterocycles. The minimum absolute atomic E-state index is 0.0950. The van der Waals surface area contributed by atoms with E-state index in [1.165, 1.54) is 0 Å². The van der Waals surface area contributed by atoms with Crippen LogP contribution in [0.1, 0.15) is 33.6 Å². The summed E-state index contributed by atoms with van der Waals surface area (Å²) in [6.45, 7) is 6.77. The second-order valence-corrected chi connectivity index (χ2v) is 3.86. The van der Waals surface area contributed by atoms with Crippen molar-refractivity contribution < 1.29 is 14.6 Å². The van der Waals surface area contributed by atoms with Gasteiger partial charge in [0.25, 0.3) is 0 Å². The fourth-order valence-electron chi connectivity index (χ4n) is 1.51. The van der Waals surface area contributed by atoms with Crippen molar-refractivity contribution in [3.8, 4) is 0 Å². The average Bonchev–Trinajstić information content (AvgIpc) is 2.03. The number of hydrogen-bond acceptors (Lipinski definition) is 3. The molecule has 3 atom stereocenters. The van der Waals surface area contributed by atoms with E-state index in [1.54, 1.807) is 0 Å². The quantitative estimate of drug-likeness (QED) is 0.707. The second-order valence-electron chi connectivity index (χ2n) is 3.86. The summed E-state index contributed by atoms with van der Waals surface area (Å²) in [5, 5.41) is 9.41. The Morgan fingerprint density at radius 3 is 2.62 bits per heavy atom. The van der Waals surface area contributed by atoms with Crippen LogP contribution in [0.4, 0.5) is 0 Å². The zero-order valence-electron chi connectivity index (χ0n) is 8.69. The lowest BCUT2D eigenvalue weighted by Crippen LogP contribution is -2.54. The molecule has 0 aromatic carbocycles. The van der Waals surface area contributed by atoms with E-state index in [1.807, 2.05) is 13.8 Å². The number of ether oxygens (including phenoxy) is 2. The van der Waals surface area contributed by atoms with E-state index in [-0.39, 0.29) is 24.4 Å². The van der Waals surface area contributed by atoms with Gasteiger partial charge in [-0.15, -0.1) is 0 Å². The molecule has 78 valence electrons. The molecule has 1 aliphatic carbocycles. The van der Waals surface area contributed by atoms with Crippen LogP contribution >= 0.6 is 0 Å². The molecule has 0 aromatic heterocycles. The van der Waals surface area contributed by atoms with Crippen molar-refractivity contribution in [3.05, 3.63) is 0 Å². The maximum Gasteiger partial charge on any atom is 0.110 e. The lowest BCUT2D eigenvalue weighted by molar-refractivity contribution is -0.202. The highest BCUT2D eigenvalue weighted by atomic mass is 16.6. The molecule has 1 saturated carbocycles. The summed E-state index contributed by atoms with van der Waals surface area (Å²) in [7, 11) is 0. The van der Waals surface area contributed by atoms with Crippen molar-refractivity contribution in [2.75, 3.05) is 6.61 Å². The van der Waals surface area contributed by atoms with E-state index in [0.717, 1.165) is 6.42 Å². The molecule has 3 unspecified atom stereocenters. The van der Waals surface area contributed by atoms with Gasteiger partial charge < -0.3 is 14.6 Å². The normalized spacial score (nSPS) is 33.5. The fraction of sp³-hybridized carbons (Fsp3) is 1.00. The molecule has 0 aromatic rings. The molecule has 13 heavy (non-hydrogen) atoms. The van der Waals surface area contributed by atoms with E-state index < -0.39 is 0 Å². The van der Waals surface area contributed by atoms with Crippen molar-refractivity contribution >= 4 is 0 Å². The van der Waals surface area contributed by atoms with Crippen LogP contribution in [0.5, 0.6) is 0 Å². The first-order valence-corrected chi connectivity index (χ1v) is 5.10. The van der Waals surface area contributed by atoms with Crippen LogP contribution in [-0.2, 0) is 9.47 Å². The van der Waals surface area contributed by atoms with E-state index in [2.05, 4.69) is 6.92 Å². The number of hydrogen-bond donors (Lipinski definition) is 1. The fourth-order valence-corrected chi connectivity index (χ4v) is 1.51. The highest BCUT2D eigenvalue weighted by Gasteiger charge is 2.42. The van der Waals surface area contributed by atoms with Gasteiger partial charge in [-0.3, -0.25) is 0 Å². The van der Waals surface area contributed by atoms with Crippen LogP contribution in [0.2, 0.25) is 0 Å². The third kappa shape index (κ3) is 2.93. The first-order valence-electron chi connectivity index (χ1n) is 5.10. The minimum atomic E-state index is -0.324. The molecule has 0 radical (unpaired) electrons. The molecule has 1 fully saturated rings. The Morgan fingerprint density at radius 1 is 1.46 bits per heavy atom. The summed E-state index contributed by atoms with van der Waals surface area (Å²) in [4.78, 5) is 0. The molecule has 0 aliphatic heterocycles. The maximum absolute atomic E-state index is 9.41. The van der Waals surface area contributed by atoms with E-state index in [0.29, 0.717) is 13.0 Å². The minimum Gasteiger partial charge on any atom is -0.390 e. The van der Waals surface area contributed by atoms with Gasteiger partial charge in [-0.2, -0.15) is 0 Å². The first kappa shape index (κ1) is 11.0. The Balaban J connectivity index is 2.24. The molecule has 1 rings (SSSR count). The predicted molar refractivity (Wildman–Crippen MR) is 50.7 cm³/mol. The van der Waals surface area contributed by atoms with Crippen LogP contribution in [0, 0.1) is 0 Å². The Morgan fingerprint density at radius 2 is 2.15 bits per heavy atom. The van der Waals surface area contributed by atoms with Gasteiger partial charge >= 0.3 is 0 Å². The summed E-state index contributed by atoms with van der Waals surface area (Å²) in [5.74, 6) is 0. The standard InChI is InChI=1S/C10H20O3/c1-4-5-12-10-8(11)6-9(10)13-7(2)3/h7-11H,4-6H2,1-3H3. The molecule has 0 bridgehead atoms. The number of aliphatic hydroxyl groups excluding tert-OH is 1. The van der Waals surface area contributed by atoms with Gasteiger partial charge in [0.1, 0.15) is 6.10 Å². The smallest absolute Gasteiger partial charge is 0.110 e. The lowest BCUT2D eigenvalue weighted by atomic mass is 9.88. The molecular formula is C10H20O3. The highest BCUT2D eigenvalue weighted by molar-refractivity contribution is 4.92. The van der Waals surface area contributed by atoms with Crippen LogP contribution in [0.15, 0.2) is 0 Å². The van der Waals surface area contributed by atoms with Crippen LogP contribution in [-0.4, -0.2) is 36.1 Å². The Bertz CT molecular complexity index is 147. The summed E-state index contributed by atoms with van der Waals surface area (Å²) in [6, 6.07) is 0. The number of aliphatic hydroxyl groups is 1. The SMILES string of the molecule is CCCOC1C(O)CC1OC(C)C. The van der Waals surface area contributed by atoms with E-state index >= 15 is 0 Å². The Hall–Kier alpha value is -0.120. The van der Waals surface area contributed by atoms with Crippen LogP contribution < -0.4 is 0 Å². The zero-order chi connectivity index (χ0) is 9.84. The zero-order valence-corrected chi connectivity index (χ0v) is 8.69. The third-order valence-corrected chi connectivity index (χ3v) is 2.18.